The van der Waals surface area contributed by atoms with E-state index in [1.54, 1.807) is 18.1 Å². The van der Waals surface area contributed by atoms with E-state index in [-0.39, 0.29) is 12.5 Å². The van der Waals surface area contributed by atoms with Crippen LogP contribution in [0.3, 0.4) is 0 Å². The fraction of sp³-hybridized carbons (Fsp3) is 0.462. The zero-order valence-electron chi connectivity index (χ0n) is 10.9. The van der Waals surface area contributed by atoms with Gasteiger partial charge in [0.1, 0.15) is 11.5 Å². The van der Waals surface area contributed by atoms with E-state index < -0.39 is 0 Å². The minimum Gasteiger partial charge on any atom is -0.497 e. The number of nitrogens with zero attached hydrogens (tertiary/aromatic N) is 1. The summed E-state index contributed by atoms with van der Waals surface area (Å²) in [6.07, 6.45) is 0. The number of amides is 1. The van der Waals surface area contributed by atoms with Gasteiger partial charge >= 0.3 is 0 Å². The third-order valence-corrected chi connectivity index (χ3v) is 3.26. The first-order chi connectivity index (χ1) is 8.62. The molecule has 0 aliphatic rings. The van der Waals surface area contributed by atoms with Crippen LogP contribution in [0.4, 0.5) is 0 Å². The van der Waals surface area contributed by atoms with Crippen molar-refractivity contribution < 1.29 is 14.3 Å². The summed E-state index contributed by atoms with van der Waals surface area (Å²) in [6, 6.07) is 5.40. The summed E-state index contributed by atoms with van der Waals surface area (Å²) >= 11 is 3.38. The van der Waals surface area contributed by atoms with Gasteiger partial charge in [-0.25, -0.2) is 0 Å². The van der Waals surface area contributed by atoms with Crippen LogP contribution in [-0.2, 0) is 4.79 Å². The number of carbonyl (C=O) groups excluding carboxylic acids is 1. The van der Waals surface area contributed by atoms with Crippen molar-refractivity contribution in [2.24, 2.45) is 0 Å². The molecule has 5 heteroatoms. The lowest BCUT2D eigenvalue weighted by Crippen LogP contribution is -2.34. The minimum atomic E-state index is -0.0188. The lowest BCUT2D eigenvalue weighted by Gasteiger charge is -2.19. The zero-order chi connectivity index (χ0) is 13.5. The Morgan fingerprint density at radius 3 is 2.56 bits per heavy atom. The predicted octanol–water partition coefficient (Wildman–Crippen LogP) is 2.70. The highest BCUT2D eigenvalue weighted by molar-refractivity contribution is 9.10. The monoisotopic (exact) mass is 315 g/mol. The fourth-order valence-electron chi connectivity index (χ4n) is 1.53. The molecular formula is C13H18BrNO3. The van der Waals surface area contributed by atoms with Crippen molar-refractivity contribution in [1.29, 1.82) is 0 Å². The maximum Gasteiger partial charge on any atom is 0.260 e. The van der Waals surface area contributed by atoms with Gasteiger partial charge in [-0.1, -0.05) is 0 Å². The van der Waals surface area contributed by atoms with E-state index in [1.165, 1.54) is 0 Å². The van der Waals surface area contributed by atoms with Crippen LogP contribution < -0.4 is 9.47 Å². The van der Waals surface area contributed by atoms with Gasteiger partial charge in [0.15, 0.2) is 6.61 Å². The molecule has 0 heterocycles. The second kappa shape index (κ2) is 7.26. The fourth-order valence-corrected chi connectivity index (χ4v) is 1.89. The number of rotatable bonds is 6. The average molecular weight is 316 g/mol. The Morgan fingerprint density at radius 2 is 2.00 bits per heavy atom. The number of halogens is 1. The highest BCUT2D eigenvalue weighted by atomic mass is 79.9. The molecule has 0 bridgehead atoms. The average Bonchev–Trinajstić information content (AvgIpc) is 2.39. The second-order valence-electron chi connectivity index (χ2n) is 3.65. The quantitative estimate of drug-likeness (QED) is 0.810. The van der Waals surface area contributed by atoms with Crippen molar-refractivity contribution in [3.8, 4) is 11.5 Å². The molecular weight excluding hydrogens is 298 g/mol. The van der Waals surface area contributed by atoms with Gasteiger partial charge in [-0.3, -0.25) is 4.79 Å². The number of methoxy groups -OCH3 is 1. The Kier molecular flexibility index (Phi) is 5.98. The largest absolute Gasteiger partial charge is 0.497 e. The number of carbonyl (C=O) groups is 1. The summed E-state index contributed by atoms with van der Waals surface area (Å²) in [4.78, 5) is 13.5. The van der Waals surface area contributed by atoms with Crippen LogP contribution in [0.5, 0.6) is 11.5 Å². The Bertz CT molecular complexity index is 405. The number of likely N-dealkylation sites (N-methyl/N-ethyl adjacent to an activating group) is 1. The van der Waals surface area contributed by atoms with Crippen molar-refractivity contribution in [1.82, 2.24) is 4.90 Å². The van der Waals surface area contributed by atoms with Gasteiger partial charge in [-0.2, -0.15) is 0 Å². The molecule has 1 rings (SSSR count). The van der Waals surface area contributed by atoms with Crippen LogP contribution in [0.1, 0.15) is 13.8 Å². The van der Waals surface area contributed by atoms with Gasteiger partial charge in [0.05, 0.1) is 11.6 Å². The number of benzene rings is 1. The molecule has 0 aliphatic heterocycles. The Hall–Kier alpha value is -1.23. The number of hydrogen-bond acceptors (Lipinski definition) is 3. The van der Waals surface area contributed by atoms with Crippen molar-refractivity contribution >= 4 is 21.8 Å². The highest BCUT2D eigenvalue weighted by Crippen LogP contribution is 2.29. The van der Waals surface area contributed by atoms with E-state index in [0.29, 0.717) is 24.6 Å². The van der Waals surface area contributed by atoms with Crippen LogP contribution in [0, 0.1) is 0 Å². The van der Waals surface area contributed by atoms with Crippen LogP contribution in [-0.4, -0.2) is 37.6 Å². The second-order valence-corrected chi connectivity index (χ2v) is 4.51. The summed E-state index contributed by atoms with van der Waals surface area (Å²) in [5, 5.41) is 0. The van der Waals surface area contributed by atoms with E-state index in [2.05, 4.69) is 15.9 Å². The molecule has 0 aliphatic carbocycles. The Balaban J connectivity index is 2.65. The van der Waals surface area contributed by atoms with Gasteiger partial charge in [0.2, 0.25) is 0 Å². The van der Waals surface area contributed by atoms with Crippen molar-refractivity contribution in [3.63, 3.8) is 0 Å². The summed E-state index contributed by atoms with van der Waals surface area (Å²) < 4.78 is 11.4. The zero-order valence-corrected chi connectivity index (χ0v) is 12.5. The van der Waals surface area contributed by atoms with Gasteiger partial charge in [0.25, 0.3) is 5.91 Å². The van der Waals surface area contributed by atoms with Crippen LogP contribution >= 0.6 is 15.9 Å². The molecule has 0 saturated heterocycles. The lowest BCUT2D eigenvalue weighted by molar-refractivity contribution is -0.132. The molecule has 0 N–H and O–H groups in total. The first-order valence-corrected chi connectivity index (χ1v) is 6.65. The SMILES string of the molecule is CCN(CC)C(=O)COc1cc(OC)ccc1Br. The van der Waals surface area contributed by atoms with Crippen molar-refractivity contribution in [3.05, 3.63) is 22.7 Å². The van der Waals surface area contributed by atoms with E-state index in [0.717, 1.165) is 4.47 Å². The van der Waals surface area contributed by atoms with Gasteiger partial charge in [-0.15, -0.1) is 0 Å². The maximum absolute atomic E-state index is 11.8. The first kappa shape index (κ1) is 14.8. The lowest BCUT2D eigenvalue weighted by atomic mass is 10.3. The third-order valence-electron chi connectivity index (χ3n) is 2.61. The van der Waals surface area contributed by atoms with Crippen LogP contribution in [0.2, 0.25) is 0 Å². The number of ether oxygens (including phenoxy) is 2. The molecule has 0 spiro atoms. The van der Waals surface area contributed by atoms with Crippen LogP contribution in [0.15, 0.2) is 22.7 Å². The molecule has 1 aromatic rings. The maximum atomic E-state index is 11.8. The summed E-state index contributed by atoms with van der Waals surface area (Å²) in [7, 11) is 1.59. The van der Waals surface area contributed by atoms with Crippen LogP contribution in [0.25, 0.3) is 0 Å². The summed E-state index contributed by atoms with van der Waals surface area (Å²) in [6.45, 7) is 5.31. The number of hydrogen-bond donors (Lipinski definition) is 0. The van der Waals surface area contributed by atoms with Gasteiger partial charge in [-0.05, 0) is 41.9 Å². The molecule has 4 nitrogen and oxygen atoms in total. The Labute approximate surface area is 116 Å². The molecule has 0 unspecified atom stereocenters. The molecule has 1 amide bonds. The van der Waals surface area contributed by atoms with E-state index in [9.17, 15) is 4.79 Å². The van der Waals surface area contributed by atoms with Gasteiger partial charge < -0.3 is 14.4 Å². The van der Waals surface area contributed by atoms with E-state index >= 15 is 0 Å². The minimum absolute atomic E-state index is 0.0188. The molecule has 0 aromatic heterocycles. The van der Waals surface area contributed by atoms with E-state index in [1.807, 2.05) is 26.0 Å². The third kappa shape index (κ3) is 3.91. The Morgan fingerprint density at radius 1 is 1.33 bits per heavy atom. The molecule has 0 fully saturated rings. The normalized spacial score (nSPS) is 10.0. The smallest absolute Gasteiger partial charge is 0.260 e. The highest BCUT2D eigenvalue weighted by Gasteiger charge is 2.11. The molecule has 0 radical (unpaired) electrons. The molecule has 0 saturated carbocycles. The predicted molar refractivity (Wildman–Crippen MR) is 74.1 cm³/mol. The van der Waals surface area contributed by atoms with Crippen molar-refractivity contribution in [2.75, 3.05) is 26.8 Å². The molecule has 18 heavy (non-hydrogen) atoms. The summed E-state index contributed by atoms with van der Waals surface area (Å²) in [5.41, 5.74) is 0. The summed E-state index contributed by atoms with van der Waals surface area (Å²) in [5.74, 6) is 1.29. The molecule has 1 aromatic carbocycles. The molecule has 100 valence electrons. The van der Waals surface area contributed by atoms with E-state index in [4.69, 9.17) is 9.47 Å². The standard InChI is InChI=1S/C13H18BrNO3/c1-4-15(5-2)13(16)9-18-12-8-10(17-3)6-7-11(12)14/h6-8H,4-5,9H2,1-3H3. The molecule has 0 atom stereocenters. The topological polar surface area (TPSA) is 38.8 Å². The first-order valence-electron chi connectivity index (χ1n) is 5.86. The van der Waals surface area contributed by atoms with Gasteiger partial charge in [0, 0.05) is 19.2 Å². The van der Waals surface area contributed by atoms with Crippen molar-refractivity contribution in [2.45, 2.75) is 13.8 Å².